The molecule has 6 heteroatoms. The van der Waals surface area contributed by atoms with Crippen molar-refractivity contribution < 1.29 is 18.0 Å². The highest BCUT2D eigenvalue weighted by Gasteiger charge is 2.35. The van der Waals surface area contributed by atoms with Crippen LogP contribution in [-0.2, 0) is 6.18 Å². The maximum atomic E-state index is 12.8. The van der Waals surface area contributed by atoms with Crippen LogP contribution in [0.2, 0.25) is 0 Å². The Labute approximate surface area is 117 Å². The number of hydrogen-bond acceptors (Lipinski definition) is 1. The summed E-state index contributed by atoms with van der Waals surface area (Å²) in [6.07, 6.45) is -2.31. The first kappa shape index (κ1) is 14.4. The van der Waals surface area contributed by atoms with Gasteiger partial charge < -0.3 is 5.32 Å². The number of carbonyl (C=O) groups excluding carboxylic acids is 1. The second-order valence-corrected chi connectivity index (χ2v) is 5.78. The van der Waals surface area contributed by atoms with Gasteiger partial charge in [-0.2, -0.15) is 13.2 Å². The van der Waals surface area contributed by atoms with Crippen molar-refractivity contribution in [2.24, 2.45) is 5.92 Å². The molecule has 1 aliphatic carbocycles. The Bertz CT molecular complexity index is 471. The number of halogens is 4. The van der Waals surface area contributed by atoms with Gasteiger partial charge in [0.1, 0.15) is 0 Å². The van der Waals surface area contributed by atoms with Crippen LogP contribution in [0.3, 0.4) is 0 Å². The number of alkyl halides is 4. The van der Waals surface area contributed by atoms with E-state index in [9.17, 15) is 18.0 Å². The standard InChI is InChI=1S/C13H13BrF3NO/c14-11(8-5-6-8)7-18-12(19)9-3-1-2-4-10(9)13(15,16)17/h1-4,8,11H,5-7H2,(H,18,19). The largest absolute Gasteiger partial charge is 0.417 e. The second kappa shape index (κ2) is 5.53. The molecule has 1 aromatic rings. The van der Waals surface area contributed by atoms with Gasteiger partial charge in [-0.1, -0.05) is 28.1 Å². The molecule has 0 spiro atoms. The van der Waals surface area contributed by atoms with Crippen LogP contribution in [0.4, 0.5) is 13.2 Å². The van der Waals surface area contributed by atoms with E-state index in [1.165, 1.54) is 18.2 Å². The predicted octanol–water partition coefficient (Wildman–Crippen LogP) is 3.61. The summed E-state index contributed by atoms with van der Waals surface area (Å²) in [5.74, 6) is -0.156. The molecule has 0 heterocycles. The fourth-order valence-electron chi connectivity index (χ4n) is 1.84. The van der Waals surface area contributed by atoms with Crippen molar-refractivity contribution >= 4 is 21.8 Å². The molecular weight excluding hydrogens is 323 g/mol. The van der Waals surface area contributed by atoms with E-state index in [1.54, 1.807) is 0 Å². The van der Waals surface area contributed by atoms with E-state index in [-0.39, 0.29) is 10.4 Å². The molecule has 1 atom stereocenters. The molecule has 0 aromatic heterocycles. The van der Waals surface area contributed by atoms with E-state index < -0.39 is 17.6 Å². The molecule has 0 aliphatic heterocycles. The van der Waals surface area contributed by atoms with Gasteiger partial charge in [0.2, 0.25) is 0 Å². The van der Waals surface area contributed by atoms with Gasteiger partial charge >= 0.3 is 6.18 Å². The SMILES string of the molecule is O=C(NCC(Br)C1CC1)c1ccccc1C(F)(F)F. The molecule has 1 aromatic carbocycles. The number of hydrogen-bond donors (Lipinski definition) is 1. The van der Waals surface area contributed by atoms with Crippen molar-refractivity contribution in [1.82, 2.24) is 5.32 Å². The average Bonchev–Trinajstić information content (AvgIpc) is 3.18. The summed E-state index contributed by atoms with van der Waals surface area (Å²) in [5, 5.41) is 2.55. The highest BCUT2D eigenvalue weighted by Crippen LogP contribution is 2.36. The molecule has 1 amide bonds. The topological polar surface area (TPSA) is 29.1 Å². The molecule has 0 bridgehead atoms. The fraction of sp³-hybridized carbons (Fsp3) is 0.462. The minimum absolute atomic E-state index is 0.134. The van der Waals surface area contributed by atoms with Crippen LogP contribution in [0.15, 0.2) is 24.3 Å². The van der Waals surface area contributed by atoms with E-state index in [2.05, 4.69) is 21.2 Å². The molecule has 1 fully saturated rings. The van der Waals surface area contributed by atoms with Crippen molar-refractivity contribution in [2.75, 3.05) is 6.54 Å². The summed E-state index contributed by atoms with van der Waals surface area (Å²) in [6.45, 7) is 0.343. The first-order valence-electron chi connectivity index (χ1n) is 5.98. The molecule has 1 saturated carbocycles. The van der Waals surface area contributed by atoms with Crippen molar-refractivity contribution in [3.8, 4) is 0 Å². The van der Waals surface area contributed by atoms with Crippen LogP contribution in [0, 0.1) is 5.92 Å². The number of rotatable bonds is 4. The molecule has 0 radical (unpaired) electrons. The van der Waals surface area contributed by atoms with Gasteiger partial charge in [-0.25, -0.2) is 0 Å². The molecule has 0 saturated heterocycles. The summed E-state index contributed by atoms with van der Waals surface area (Å²) in [4.78, 5) is 12.0. The van der Waals surface area contributed by atoms with Gasteiger partial charge in [0.25, 0.3) is 5.91 Å². The molecule has 2 rings (SSSR count). The summed E-state index contributed by atoms with van der Waals surface area (Å²) >= 11 is 3.43. The monoisotopic (exact) mass is 335 g/mol. The summed E-state index contributed by atoms with van der Waals surface area (Å²) < 4.78 is 38.3. The maximum absolute atomic E-state index is 12.8. The van der Waals surface area contributed by atoms with Gasteiger partial charge in [0.05, 0.1) is 11.1 Å². The minimum Gasteiger partial charge on any atom is -0.351 e. The summed E-state index contributed by atoms with van der Waals surface area (Å²) in [6, 6.07) is 4.81. The Kier molecular flexibility index (Phi) is 4.18. The molecule has 1 unspecified atom stereocenters. The normalized spacial score (nSPS) is 17.1. The Balaban J connectivity index is 2.06. The van der Waals surface area contributed by atoms with Crippen molar-refractivity contribution in [2.45, 2.75) is 23.8 Å². The van der Waals surface area contributed by atoms with E-state index in [0.29, 0.717) is 12.5 Å². The van der Waals surface area contributed by atoms with Crippen LogP contribution in [0.1, 0.15) is 28.8 Å². The lowest BCUT2D eigenvalue weighted by molar-refractivity contribution is -0.137. The quantitative estimate of drug-likeness (QED) is 0.837. The average molecular weight is 336 g/mol. The number of amides is 1. The van der Waals surface area contributed by atoms with Crippen LogP contribution in [0.5, 0.6) is 0 Å². The summed E-state index contributed by atoms with van der Waals surface area (Å²) in [7, 11) is 0. The van der Waals surface area contributed by atoms with Gasteiger partial charge in [-0.05, 0) is 30.9 Å². The van der Waals surface area contributed by atoms with Crippen molar-refractivity contribution in [1.29, 1.82) is 0 Å². The van der Waals surface area contributed by atoms with Gasteiger partial charge in [-0.3, -0.25) is 4.79 Å². The fourth-order valence-corrected chi connectivity index (χ4v) is 2.53. The summed E-state index contributed by atoms with van der Waals surface area (Å²) in [5.41, 5.74) is -1.23. The van der Waals surface area contributed by atoms with Gasteiger partial charge in [-0.15, -0.1) is 0 Å². The molecule has 1 N–H and O–H groups in total. The first-order valence-corrected chi connectivity index (χ1v) is 6.89. The van der Waals surface area contributed by atoms with E-state index in [1.807, 2.05) is 0 Å². The number of carbonyl (C=O) groups is 1. The highest BCUT2D eigenvalue weighted by molar-refractivity contribution is 9.09. The highest BCUT2D eigenvalue weighted by atomic mass is 79.9. The molecule has 1 aliphatic rings. The molecule has 19 heavy (non-hydrogen) atoms. The Hall–Kier alpha value is -1.04. The lowest BCUT2D eigenvalue weighted by atomic mass is 10.1. The Morgan fingerprint density at radius 1 is 1.37 bits per heavy atom. The van der Waals surface area contributed by atoms with Crippen molar-refractivity contribution in [3.63, 3.8) is 0 Å². The number of benzene rings is 1. The molecular formula is C13H13BrF3NO. The zero-order valence-electron chi connectivity index (χ0n) is 10.0. The van der Waals surface area contributed by atoms with Crippen LogP contribution in [-0.4, -0.2) is 17.3 Å². The third-order valence-electron chi connectivity index (χ3n) is 3.07. The second-order valence-electron chi connectivity index (χ2n) is 4.61. The zero-order valence-corrected chi connectivity index (χ0v) is 11.6. The maximum Gasteiger partial charge on any atom is 0.417 e. The first-order chi connectivity index (χ1) is 8.89. The van der Waals surface area contributed by atoms with Gasteiger partial charge in [0.15, 0.2) is 0 Å². The lowest BCUT2D eigenvalue weighted by Crippen LogP contribution is -2.31. The Morgan fingerprint density at radius 3 is 2.58 bits per heavy atom. The van der Waals surface area contributed by atoms with Crippen LogP contribution in [0.25, 0.3) is 0 Å². The van der Waals surface area contributed by atoms with E-state index in [4.69, 9.17) is 0 Å². The smallest absolute Gasteiger partial charge is 0.351 e. The Morgan fingerprint density at radius 2 is 2.00 bits per heavy atom. The molecule has 2 nitrogen and oxygen atoms in total. The van der Waals surface area contributed by atoms with Crippen LogP contribution >= 0.6 is 15.9 Å². The zero-order chi connectivity index (χ0) is 14.0. The minimum atomic E-state index is -4.52. The molecule has 104 valence electrons. The van der Waals surface area contributed by atoms with E-state index in [0.717, 1.165) is 18.9 Å². The third-order valence-corrected chi connectivity index (χ3v) is 4.14. The van der Waals surface area contributed by atoms with Crippen LogP contribution < -0.4 is 5.32 Å². The third kappa shape index (κ3) is 3.72. The number of nitrogens with one attached hydrogen (secondary N) is 1. The lowest BCUT2D eigenvalue weighted by Gasteiger charge is -2.14. The predicted molar refractivity (Wildman–Crippen MR) is 69.2 cm³/mol. The van der Waals surface area contributed by atoms with E-state index >= 15 is 0 Å². The van der Waals surface area contributed by atoms with Gasteiger partial charge in [0, 0.05) is 11.4 Å². The van der Waals surface area contributed by atoms with Crippen molar-refractivity contribution in [3.05, 3.63) is 35.4 Å².